The summed E-state index contributed by atoms with van der Waals surface area (Å²) in [7, 11) is 1.62. The number of likely N-dealkylation sites (N-methyl/N-ethyl adjacent to an activating group) is 1. The smallest absolute Gasteiger partial charge is 0.254 e. The molecule has 3 rings (SSSR count). The molecule has 138 valence electrons. The van der Waals surface area contributed by atoms with Gasteiger partial charge >= 0.3 is 0 Å². The molecular weight excluding hydrogens is 360 g/mol. The Morgan fingerprint density at radius 1 is 1.42 bits per heavy atom. The van der Waals surface area contributed by atoms with Crippen LogP contribution in [-0.4, -0.2) is 46.6 Å². The van der Waals surface area contributed by atoms with Crippen molar-refractivity contribution in [3.63, 3.8) is 0 Å². The lowest BCUT2D eigenvalue weighted by atomic mass is 9.98. The molecule has 2 aromatic rings. The highest BCUT2D eigenvalue weighted by Gasteiger charge is 2.38. The van der Waals surface area contributed by atoms with Gasteiger partial charge in [0.1, 0.15) is 6.61 Å². The zero-order valence-corrected chi connectivity index (χ0v) is 15.2. The van der Waals surface area contributed by atoms with E-state index in [0.717, 1.165) is 0 Å². The summed E-state index contributed by atoms with van der Waals surface area (Å²) >= 11 is 6.24. The Labute approximate surface area is 155 Å². The van der Waals surface area contributed by atoms with Crippen LogP contribution in [0.4, 0.5) is 0 Å². The first-order valence-corrected chi connectivity index (χ1v) is 8.59. The summed E-state index contributed by atoms with van der Waals surface area (Å²) in [6.45, 7) is 1.89. The molecule has 1 saturated heterocycles. The Morgan fingerprint density at radius 3 is 2.88 bits per heavy atom. The molecule has 1 fully saturated rings. The van der Waals surface area contributed by atoms with Gasteiger partial charge in [0, 0.05) is 18.5 Å². The number of benzene rings is 1. The average molecular weight is 379 g/mol. The number of carbonyl (C=O) groups excluding carboxylic acids is 2. The Bertz CT molecular complexity index is 810. The second-order valence-electron chi connectivity index (χ2n) is 5.95. The summed E-state index contributed by atoms with van der Waals surface area (Å²) in [6, 6.07) is 6.36. The predicted octanol–water partition coefficient (Wildman–Crippen LogP) is 1.50. The van der Waals surface area contributed by atoms with Gasteiger partial charge in [0.2, 0.25) is 11.8 Å². The monoisotopic (exact) mass is 378 g/mol. The molecule has 1 aromatic heterocycles. The summed E-state index contributed by atoms with van der Waals surface area (Å²) in [4.78, 5) is 30.3. The Kier molecular flexibility index (Phi) is 5.53. The van der Waals surface area contributed by atoms with Gasteiger partial charge in [-0.3, -0.25) is 9.59 Å². The summed E-state index contributed by atoms with van der Waals surface area (Å²) in [5.74, 6) is 0.313. The van der Waals surface area contributed by atoms with E-state index in [0.29, 0.717) is 28.7 Å². The number of amides is 2. The van der Waals surface area contributed by atoms with Crippen LogP contribution in [0.15, 0.2) is 28.8 Å². The highest BCUT2D eigenvalue weighted by molar-refractivity contribution is 6.31. The normalized spacial score (nSPS) is 19.9. The van der Waals surface area contributed by atoms with Crippen molar-refractivity contribution < 1.29 is 18.8 Å². The topological polar surface area (TPSA) is 97.6 Å². The van der Waals surface area contributed by atoms with Gasteiger partial charge in [0.25, 0.3) is 5.91 Å². The van der Waals surface area contributed by atoms with Crippen LogP contribution in [0.1, 0.15) is 30.2 Å². The molecule has 1 N–H and O–H groups in total. The lowest BCUT2D eigenvalue weighted by molar-refractivity contribution is -0.154. The second kappa shape index (κ2) is 7.84. The quantitative estimate of drug-likeness (QED) is 0.846. The number of hydrogen-bond donors (Lipinski definition) is 1. The van der Waals surface area contributed by atoms with Gasteiger partial charge in [-0.2, -0.15) is 4.98 Å². The zero-order chi connectivity index (χ0) is 18.7. The number of nitrogens with zero attached hydrogens (tertiary/aromatic N) is 3. The molecule has 0 bridgehead atoms. The third-order valence-corrected chi connectivity index (χ3v) is 4.41. The van der Waals surface area contributed by atoms with E-state index in [4.69, 9.17) is 20.9 Å². The van der Waals surface area contributed by atoms with E-state index >= 15 is 0 Å². The van der Waals surface area contributed by atoms with Crippen LogP contribution in [0.25, 0.3) is 0 Å². The van der Waals surface area contributed by atoms with Crippen molar-refractivity contribution in [3.05, 3.63) is 46.6 Å². The van der Waals surface area contributed by atoms with Gasteiger partial charge in [-0.25, -0.2) is 0 Å². The van der Waals surface area contributed by atoms with Crippen molar-refractivity contribution in [2.45, 2.75) is 32.0 Å². The highest BCUT2D eigenvalue weighted by Crippen LogP contribution is 2.29. The van der Waals surface area contributed by atoms with Gasteiger partial charge in [-0.15, -0.1) is 0 Å². The second-order valence-corrected chi connectivity index (χ2v) is 6.36. The maximum Gasteiger partial charge on any atom is 0.254 e. The highest BCUT2D eigenvalue weighted by atomic mass is 35.5. The predicted molar refractivity (Wildman–Crippen MR) is 92.2 cm³/mol. The summed E-state index contributed by atoms with van der Waals surface area (Å²) < 4.78 is 10.6. The van der Waals surface area contributed by atoms with Crippen molar-refractivity contribution in [1.29, 1.82) is 0 Å². The fraction of sp³-hybridized carbons (Fsp3) is 0.412. The molecule has 2 amide bonds. The van der Waals surface area contributed by atoms with Crippen molar-refractivity contribution >= 4 is 23.4 Å². The van der Waals surface area contributed by atoms with Gasteiger partial charge in [-0.05, 0) is 11.6 Å². The first kappa shape index (κ1) is 18.3. The van der Waals surface area contributed by atoms with E-state index in [1.807, 2.05) is 6.92 Å². The molecule has 0 unspecified atom stereocenters. The van der Waals surface area contributed by atoms with Crippen LogP contribution in [0.3, 0.4) is 0 Å². The molecule has 1 aromatic carbocycles. The summed E-state index contributed by atoms with van der Waals surface area (Å²) in [5.41, 5.74) is 0.627. The maximum atomic E-state index is 12.9. The zero-order valence-electron chi connectivity index (χ0n) is 14.4. The fourth-order valence-corrected chi connectivity index (χ4v) is 2.99. The number of nitrogens with one attached hydrogen (secondary N) is 1. The summed E-state index contributed by atoms with van der Waals surface area (Å²) in [5, 5.41) is 7.09. The van der Waals surface area contributed by atoms with E-state index in [2.05, 4.69) is 15.5 Å². The van der Waals surface area contributed by atoms with Gasteiger partial charge in [-0.1, -0.05) is 41.9 Å². The number of rotatable bonds is 5. The Hall–Kier alpha value is -2.45. The molecule has 26 heavy (non-hydrogen) atoms. The molecule has 0 saturated carbocycles. The van der Waals surface area contributed by atoms with E-state index in [-0.39, 0.29) is 25.0 Å². The van der Waals surface area contributed by atoms with Crippen LogP contribution in [0.2, 0.25) is 5.02 Å². The average Bonchev–Trinajstić information content (AvgIpc) is 3.09. The molecule has 0 radical (unpaired) electrons. The van der Waals surface area contributed by atoms with Crippen molar-refractivity contribution in [3.8, 4) is 0 Å². The van der Waals surface area contributed by atoms with Gasteiger partial charge < -0.3 is 19.5 Å². The minimum absolute atomic E-state index is 0.172. The lowest BCUT2D eigenvalue weighted by Gasteiger charge is -2.34. The minimum Gasteiger partial charge on any atom is -0.356 e. The third-order valence-electron chi connectivity index (χ3n) is 4.06. The molecule has 2 heterocycles. The molecule has 8 nitrogen and oxygen atoms in total. The maximum absolute atomic E-state index is 12.9. The molecule has 2 atom stereocenters. The van der Waals surface area contributed by atoms with Gasteiger partial charge in [0.15, 0.2) is 11.9 Å². The molecule has 0 aliphatic carbocycles. The molecule has 1 aliphatic rings. The molecule has 9 heteroatoms. The van der Waals surface area contributed by atoms with E-state index < -0.39 is 12.1 Å². The van der Waals surface area contributed by atoms with Crippen molar-refractivity contribution in [2.24, 2.45) is 0 Å². The number of ether oxygens (including phenoxy) is 1. The van der Waals surface area contributed by atoms with Crippen molar-refractivity contribution in [2.75, 3.05) is 13.7 Å². The van der Waals surface area contributed by atoms with Crippen molar-refractivity contribution in [1.82, 2.24) is 20.4 Å². The molecule has 1 aliphatic heterocycles. The number of aromatic nitrogens is 2. The first-order chi connectivity index (χ1) is 12.5. The first-order valence-electron chi connectivity index (χ1n) is 8.21. The lowest BCUT2D eigenvalue weighted by Crippen LogP contribution is -2.52. The minimum atomic E-state index is -0.893. The largest absolute Gasteiger partial charge is 0.356 e. The van der Waals surface area contributed by atoms with Gasteiger partial charge in [0.05, 0.1) is 12.6 Å². The fourth-order valence-electron chi connectivity index (χ4n) is 2.74. The number of morpholine rings is 1. The number of halogens is 1. The van der Waals surface area contributed by atoms with Crippen LogP contribution in [0, 0.1) is 0 Å². The third kappa shape index (κ3) is 3.86. The van der Waals surface area contributed by atoms with E-state index in [1.54, 1.807) is 31.3 Å². The number of hydrogen-bond acceptors (Lipinski definition) is 6. The standard InChI is InChI=1S/C17H19ClN4O4/c1-3-14-19-12(21-26-14)8-22(2)17(24)16-15(20-13(23)9-25-16)10-6-4-5-7-11(10)18/h4-7,15-16H,3,8-9H2,1-2H3,(H,20,23)/t15-,16+/m1/s1. The summed E-state index contributed by atoms with van der Waals surface area (Å²) in [6.07, 6.45) is -0.271. The van der Waals surface area contributed by atoms with Crippen LogP contribution in [0.5, 0.6) is 0 Å². The number of carbonyl (C=O) groups is 2. The van der Waals surface area contributed by atoms with E-state index in [9.17, 15) is 9.59 Å². The Balaban J connectivity index is 1.78. The van der Waals surface area contributed by atoms with E-state index in [1.165, 1.54) is 4.90 Å². The number of aryl methyl sites for hydroxylation is 1. The van der Waals surface area contributed by atoms with Crippen LogP contribution in [-0.2, 0) is 27.3 Å². The SMILES string of the molecule is CCc1nc(CN(C)C(=O)[C@H]2OCC(=O)N[C@@H]2c2ccccc2Cl)no1. The molecule has 0 spiro atoms. The Morgan fingerprint density at radius 2 is 2.19 bits per heavy atom. The van der Waals surface area contributed by atoms with Crippen LogP contribution < -0.4 is 5.32 Å². The van der Waals surface area contributed by atoms with Crippen LogP contribution >= 0.6 is 11.6 Å². The molecular formula is C17H19ClN4O4.